The second-order valence-corrected chi connectivity index (χ2v) is 5.46. The third-order valence-corrected chi connectivity index (χ3v) is 3.75. The van der Waals surface area contributed by atoms with Crippen LogP contribution in [0.1, 0.15) is 39.5 Å². The van der Waals surface area contributed by atoms with Crippen LogP contribution >= 0.6 is 0 Å². The van der Waals surface area contributed by atoms with Crippen molar-refractivity contribution in [1.82, 2.24) is 9.80 Å². The zero-order valence-electron chi connectivity index (χ0n) is 10.3. The molecular weight excluding hydrogens is 184 g/mol. The van der Waals surface area contributed by atoms with Gasteiger partial charge in [-0.25, -0.2) is 0 Å². The van der Waals surface area contributed by atoms with Crippen molar-refractivity contribution >= 4 is 0 Å². The van der Waals surface area contributed by atoms with Gasteiger partial charge >= 0.3 is 0 Å². The molecule has 2 aliphatic heterocycles. The monoisotopic (exact) mass is 209 g/mol. The van der Waals surface area contributed by atoms with Crippen molar-refractivity contribution in [3.05, 3.63) is 5.92 Å². The van der Waals surface area contributed by atoms with Crippen LogP contribution in [0.4, 0.5) is 0 Å². The first kappa shape index (κ1) is 11.4. The molecule has 2 saturated heterocycles. The van der Waals surface area contributed by atoms with Crippen LogP contribution in [0.2, 0.25) is 0 Å². The van der Waals surface area contributed by atoms with Crippen LogP contribution in [-0.2, 0) is 0 Å². The Morgan fingerprint density at radius 2 is 1.60 bits per heavy atom. The number of nitrogens with zero attached hydrogens (tertiary/aromatic N) is 2. The summed E-state index contributed by atoms with van der Waals surface area (Å²) in [5.74, 6) is 1.55. The Kier molecular flexibility index (Phi) is 4.04. The van der Waals surface area contributed by atoms with Crippen LogP contribution in [0.3, 0.4) is 0 Å². The number of piperidine rings is 1. The van der Waals surface area contributed by atoms with Crippen molar-refractivity contribution in [2.75, 3.05) is 32.7 Å². The van der Waals surface area contributed by atoms with E-state index in [0.29, 0.717) is 0 Å². The lowest BCUT2D eigenvalue weighted by Gasteiger charge is -2.37. The van der Waals surface area contributed by atoms with Gasteiger partial charge in [0.1, 0.15) is 0 Å². The summed E-state index contributed by atoms with van der Waals surface area (Å²) in [6.45, 7) is 11.1. The fourth-order valence-electron chi connectivity index (χ4n) is 3.00. The molecule has 0 saturated carbocycles. The Labute approximate surface area is 94.6 Å². The summed E-state index contributed by atoms with van der Waals surface area (Å²) in [6, 6.07) is 0.904. The second-order valence-electron chi connectivity index (χ2n) is 5.46. The van der Waals surface area contributed by atoms with Gasteiger partial charge in [0.2, 0.25) is 0 Å². The summed E-state index contributed by atoms with van der Waals surface area (Å²) in [7, 11) is 0. The Balaban J connectivity index is 1.71. The van der Waals surface area contributed by atoms with E-state index in [9.17, 15) is 0 Å². The lowest BCUT2D eigenvalue weighted by atomic mass is 10.0. The van der Waals surface area contributed by atoms with Crippen LogP contribution in [0, 0.1) is 5.92 Å². The fraction of sp³-hybridized carbons (Fsp3) is 0.923. The molecule has 2 rings (SSSR count). The predicted octanol–water partition coefficient (Wildman–Crippen LogP) is 2.16. The van der Waals surface area contributed by atoms with Gasteiger partial charge in [0.25, 0.3) is 0 Å². The first-order valence-corrected chi connectivity index (χ1v) is 6.51. The summed E-state index contributed by atoms with van der Waals surface area (Å²) < 4.78 is 0. The quantitative estimate of drug-likeness (QED) is 0.703. The minimum Gasteiger partial charge on any atom is -0.303 e. The zero-order valence-corrected chi connectivity index (χ0v) is 10.3. The first-order chi connectivity index (χ1) is 7.25. The van der Waals surface area contributed by atoms with Gasteiger partial charge in [-0.15, -0.1) is 0 Å². The molecule has 15 heavy (non-hydrogen) atoms. The van der Waals surface area contributed by atoms with E-state index >= 15 is 0 Å². The average Bonchev–Trinajstić information content (AvgIpc) is 2.71. The van der Waals surface area contributed by atoms with Crippen LogP contribution in [-0.4, -0.2) is 48.6 Å². The van der Waals surface area contributed by atoms with Crippen molar-refractivity contribution < 1.29 is 0 Å². The maximum Gasteiger partial charge on any atom is 0.0120 e. The highest BCUT2D eigenvalue weighted by Crippen LogP contribution is 2.21. The van der Waals surface area contributed by atoms with Gasteiger partial charge in [-0.2, -0.15) is 0 Å². The van der Waals surface area contributed by atoms with E-state index in [4.69, 9.17) is 0 Å². The molecule has 1 radical (unpaired) electrons. The van der Waals surface area contributed by atoms with Crippen LogP contribution < -0.4 is 0 Å². The van der Waals surface area contributed by atoms with Gasteiger partial charge in [0, 0.05) is 12.6 Å². The number of hydrogen-bond donors (Lipinski definition) is 0. The molecule has 0 N–H and O–H groups in total. The summed E-state index contributed by atoms with van der Waals surface area (Å²) in [4.78, 5) is 5.34. The van der Waals surface area contributed by atoms with Gasteiger partial charge in [0.05, 0.1) is 0 Å². The van der Waals surface area contributed by atoms with Crippen molar-refractivity contribution in [2.24, 2.45) is 0 Å². The van der Waals surface area contributed by atoms with E-state index in [1.807, 2.05) is 0 Å². The van der Waals surface area contributed by atoms with E-state index in [-0.39, 0.29) is 0 Å². The molecule has 0 spiro atoms. The topological polar surface area (TPSA) is 6.48 Å². The van der Waals surface area contributed by atoms with Crippen molar-refractivity contribution in [3.63, 3.8) is 0 Å². The largest absolute Gasteiger partial charge is 0.303 e. The third kappa shape index (κ3) is 3.18. The molecule has 0 aromatic rings. The summed E-state index contributed by atoms with van der Waals surface area (Å²) in [5.41, 5.74) is 0. The van der Waals surface area contributed by atoms with E-state index in [0.717, 1.165) is 6.04 Å². The summed E-state index contributed by atoms with van der Waals surface area (Å²) in [6.07, 6.45) is 5.66. The summed E-state index contributed by atoms with van der Waals surface area (Å²) >= 11 is 0. The average molecular weight is 209 g/mol. The minimum atomic E-state index is 0.904. The molecule has 87 valence electrons. The van der Waals surface area contributed by atoms with Crippen molar-refractivity contribution in [3.8, 4) is 0 Å². The molecule has 0 bridgehead atoms. The zero-order chi connectivity index (χ0) is 10.7. The molecule has 2 nitrogen and oxygen atoms in total. The Hall–Kier alpha value is -0.0800. The SMILES string of the molecule is C[C](C)CN1CCC(N2CCCC2)CC1. The van der Waals surface area contributed by atoms with Gasteiger partial charge in [-0.1, -0.05) is 13.8 Å². The van der Waals surface area contributed by atoms with Crippen LogP contribution in [0.15, 0.2) is 0 Å². The predicted molar refractivity (Wildman–Crippen MR) is 64.9 cm³/mol. The standard InChI is InChI=1S/C13H25N2/c1-12(2)11-14-9-5-13(6-10-14)15-7-3-4-8-15/h13H,3-11H2,1-2H3. The van der Waals surface area contributed by atoms with Crippen molar-refractivity contribution in [2.45, 2.75) is 45.6 Å². The highest BCUT2D eigenvalue weighted by molar-refractivity contribution is 4.87. The Morgan fingerprint density at radius 3 is 2.13 bits per heavy atom. The normalized spacial score (nSPS) is 26.6. The smallest absolute Gasteiger partial charge is 0.0120 e. The van der Waals surface area contributed by atoms with Crippen molar-refractivity contribution in [1.29, 1.82) is 0 Å². The Bertz CT molecular complexity index is 177. The van der Waals surface area contributed by atoms with Crippen LogP contribution in [0.5, 0.6) is 0 Å². The van der Waals surface area contributed by atoms with Gasteiger partial charge in [-0.05, 0) is 57.8 Å². The summed E-state index contributed by atoms with van der Waals surface area (Å²) in [5, 5.41) is 0. The molecule has 2 fully saturated rings. The molecule has 0 aliphatic carbocycles. The molecule has 0 unspecified atom stereocenters. The minimum absolute atomic E-state index is 0.904. The van der Waals surface area contributed by atoms with Gasteiger partial charge in [0.15, 0.2) is 0 Å². The second kappa shape index (κ2) is 5.31. The number of rotatable bonds is 3. The lowest BCUT2D eigenvalue weighted by Crippen LogP contribution is -2.44. The Morgan fingerprint density at radius 1 is 1.00 bits per heavy atom. The highest BCUT2D eigenvalue weighted by atomic mass is 15.2. The molecule has 0 aromatic carbocycles. The van der Waals surface area contributed by atoms with E-state index in [1.54, 1.807) is 5.92 Å². The number of hydrogen-bond acceptors (Lipinski definition) is 2. The highest BCUT2D eigenvalue weighted by Gasteiger charge is 2.26. The van der Waals surface area contributed by atoms with Gasteiger partial charge < -0.3 is 9.80 Å². The maximum absolute atomic E-state index is 2.72. The molecule has 0 atom stereocenters. The molecule has 2 aliphatic rings. The third-order valence-electron chi connectivity index (χ3n) is 3.75. The number of likely N-dealkylation sites (tertiary alicyclic amines) is 2. The molecule has 0 amide bonds. The molecule has 2 heterocycles. The molecule has 2 heteroatoms. The van der Waals surface area contributed by atoms with Gasteiger partial charge in [-0.3, -0.25) is 0 Å². The first-order valence-electron chi connectivity index (χ1n) is 6.51. The molecule has 0 aromatic heterocycles. The maximum atomic E-state index is 2.72. The van der Waals surface area contributed by atoms with E-state index < -0.39 is 0 Å². The lowest BCUT2D eigenvalue weighted by molar-refractivity contribution is 0.130. The fourth-order valence-corrected chi connectivity index (χ4v) is 3.00. The van der Waals surface area contributed by atoms with E-state index in [1.165, 1.54) is 58.4 Å². The van der Waals surface area contributed by atoms with E-state index in [2.05, 4.69) is 23.6 Å². The molecular formula is C13H25N2. The van der Waals surface area contributed by atoms with Crippen LogP contribution in [0.25, 0.3) is 0 Å².